The van der Waals surface area contributed by atoms with Gasteiger partial charge in [-0.2, -0.15) is 10.2 Å². The quantitative estimate of drug-likeness (QED) is 0.0276. The van der Waals surface area contributed by atoms with Gasteiger partial charge < -0.3 is 40.2 Å². The number of nitrogens with zero attached hydrogens (tertiary/aromatic N) is 14. The van der Waals surface area contributed by atoms with Crippen LogP contribution in [0.1, 0.15) is 105 Å². The minimum atomic E-state index is -1.29. The number of fused-ring (bicyclic) bond motifs is 3. The molecule has 0 aliphatic carbocycles. The lowest BCUT2D eigenvalue weighted by molar-refractivity contribution is -0.137. The van der Waals surface area contributed by atoms with Crippen LogP contribution in [0.5, 0.6) is 5.75 Å². The van der Waals surface area contributed by atoms with Gasteiger partial charge in [0.15, 0.2) is 11.5 Å². The van der Waals surface area contributed by atoms with Gasteiger partial charge in [-0.1, -0.05) is 12.2 Å². The van der Waals surface area contributed by atoms with Crippen molar-refractivity contribution in [2.75, 3.05) is 50.0 Å². The third kappa shape index (κ3) is 10.7. The van der Waals surface area contributed by atoms with E-state index in [9.17, 15) is 24.3 Å². The number of aromatic nitrogens is 12. The normalized spacial score (nSPS) is 14.8. The molecule has 4 amide bonds. The Morgan fingerprint density at radius 1 is 0.851 bits per heavy atom. The Bertz CT molecular complexity index is 3250. The molecule has 390 valence electrons. The largest absolute Gasteiger partial charge is 0.491 e. The minimum Gasteiger partial charge on any atom is -0.491 e. The summed E-state index contributed by atoms with van der Waals surface area (Å²) in [6.07, 6.45) is 6.35. The molecule has 6 aromatic heterocycles. The molecule has 0 spiro atoms. The van der Waals surface area contributed by atoms with Crippen molar-refractivity contribution in [3.63, 3.8) is 0 Å². The second-order valence-corrected chi connectivity index (χ2v) is 18.3. The van der Waals surface area contributed by atoms with Gasteiger partial charge in [-0.25, -0.2) is 20.8 Å². The van der Waals surface area contributed by atoms with Crippen molar-refractivity contribution in [2.45, 2.75) is 98.4 Å². The lowest BCUT2D eigenvalue weighted by atomic mass is 9.95. The number of likely N-dealkylation sites (tertiary alicyclic amines) is 1. The zero-order chi connectivity index (χ0) is 52.2. The Hall–Kier alpha value is -7.91. The third-order valence-electron chi connectivity index (χ3n) is 13.3. The number of allylic oxidation sites excluding steroid dienone is 2. The highest BCUT2D eigenvalue weighted by Gasteiger charge is 2.30. The summed E-state index contributed by atoms with van der Waals surface area (Å²) in [5.74, 6) is 6.09. The summed E-state index contributed by atoms with van der Waals surface area (Å²) < 4.78 is 15.4. The summed E-state index contributed by atoms with van der Waals surface area (Å²) in [6.45, 7) is 12.8. The molecule has 9 rings (SSSR count). The SMILES string of the molecule is CCn1nc(C)cc1C(=O)Nc1nc2cc(C(N)O)cnc2n1C/C=C/Cn1c(NC(=O)c2cc(C)nn2CC)nc2cc(C(N)=O)cc(OCCCN3CCC(c4nnc5n4CCN(C(=O)CON)C5)CC3)c21. The van der Waals surface area contributed by atoms with Crippen molar-refractivity contribution in [3.8, 4) is 5.75 Å². The Balaban J connectivity index is 0.941. The molecule has 74 heavy (non-hydrogen) atoms. The fraction of sp³-hybridized carbons (Fsp3) is 0.438. The fourth-order valence-electron chi connectivity index (χ4n) is 9.58. The molecule has 1 aromatic carbocycles. The van der Waals surface area contributed by atoms with E-state index in [1.165, 1.54) is 6.20 Å². The van der Waals surface area contributed by atoms with E-state index < -0.39 is 23.9 Å². The van der Waals surface area contributed by atoms with Crippen molar-refractivity contribution in [1.82, 2.24) is 68.2 Å². The molecule has 26 nitrogen and oxygen atoms in total. The number of benzene rings is 1. The summed E-state index contributed by atoms with van der Waals surface area (Å²) in [5, 5.41) is 33.8. The zero-order valence-electron chi connectivity index (χ0n) is 41.8. The van der Waals surface area contributed by atoms with Crippen molar-refractivity contribution in [2.24, 2.45) is 17.4 Å². The highest BCUT2D eigenvalue weighted by Crippen LogP contribution is 2.33. The number of nitrogens with one attached hydrogen (secondary N) is 2. The maximum Gasteiger partial charge on any atom is 0.276 e. The van der Waals surface area contributed by atoms with E-state index in [-0.39, 0.29) is 49.0 Å². The molecule has 2 aliphatic rings. The van der Waals surface area contributed by atoms with Crippen molar-refractivity contribution in [1.29, 1.82) is 0 Å². The molecule has 0 bridgehead atoms. The van der Waals surface area contributed by atoms with E-state index in [4.69, 9.17) is 27.1 Å². The summed E-state index contributed by atoms with van der Waals surface area (Å²) in [5.41, 5.74) is 15.9. The topological polar surface area (TPSA) is 330 Å². The number of primary amides is 1. The van der Waals surface area contributed by atoms with Crippen LogP contribution in [0.15, 0.2) is 48.7 Å². The Labute approximate surface area is 424 Å². The molecule has 8 heterocycles. The first-order valence-corrected chi connectivity index (χ1v) is 24.6. The maximum atomic E-state index is 13.9. The minimum absolute atomic E-state index is 0.161. The number of amides is 4. The molecular formula is C48H61N19O7. The number of hydrogen-bond acceptors (Lipinski definition) is 17. The van der Waals surface area contributed by atoms with Gasteiger partial charge in [-0.15, -0.1) is 10.2 Å². The average Bonchev–Trinajstić information content (AvgIpc) is 4.23. The first-order chi connectivity index (χ1) is 35.7. The van der Waals surface area contributed by atoms with Crippen LogP contribution in [-0.2, 0) is 48.9 Å². The number of anilines is 2. The van der Waals surface area contributed by atoms with E-state index >= 15 is 0 Å². The van der Waals surface area contributed by atoms with Crippen molar-refractivity contribution < 1.29 is 33.9 Å². The van der Waals surface area contributed by atoms with Gasteiger partial charge in [-0.05, 0) is 90.4 Å². The number of hydrogen-bond donors (Lipinski definition) is 6. The molecule has 2 aliphatic heterocycles. The van der Waals surface area contributed by atoms with Crippen LogP contribution in [0.4, 0.5) is 11.9 Å². The first-order valence-electron chi connectivity index (χ1n) is 24.6. The second kappa shape index (κ2) is 22.1. The van der Waals surface area contributed by atoms with Crippen LogP contribution in [0, 0.1) is 13.8 Å². The number of aliphatic hydroxyl groups excluding tert-OH is 1. The molecule has 1 fully saturated rings. The molecule has 0 saturated carbocycles. The highest BCUT2D eigenvalue weighted by molar-refractivity contribution is 6.04. The lowest BCUT2D eigenvalue weighted by Gasteiger charge is -2.33. The smallest absolute Gasteiger partial charge is 0.276 e. The predicted octanol–water partition coefficient (Wildman–Crippen LogP) is 2.11. The Morgan fingerprint density at radius 2 is 1.50 bits per heavy atom. The van der Waals surface area contributed by atoms with Gasteiger partial charge in [0.2, 0.25) is 17.8 Å². The summed E-state index contributed by atoms with van der Waals surface area (Å²) >= 11 is 0. The molecule has 0 radical (unpaired) electrons. The average molecular weight is 1020 g/mol. The predicted molar refractivity (Wildman–Crippen MR) is 269 cm³/mol. The molecule has 1 saturated heterocycles. The molecule has 26 heteroatoms. The van der Waals surface area contributed by atoms with Gasteiger partial charge >= 0.3 is 0 Å². The molecular weight excluding hydrogens is 955 g/mol. The van der Waals surface area contributed by atoms with Crippen LogP contribution in [0.25, 0.3) is 22.2 Å². The third-order valence-corrected chi connectivity index (χ3v) is 13.3. The van der Waals surface area contributed by atoms with Gasteiger partial charge in [0, 0.05) is 69.1 Å². The van der Waals surface area contributed by atoms with Crippen LogP contribution in [0.2, 0.25) is 0 Å². The number of nitrogens with two attached hydrogens (primary N) is 3. The molecule has 9 N–H and O–H groups in total. The monoisotopic (exact) mass is 1020 g/mol. The number of rotatable bonds is 20. The first kappa shape index (κ1) is 51.0. The zero-order valence-corrected chi connectivity index (χ0v) is 41.8. The number of carbonyl (C=O) groups is 4. The van der Waals surface area contributed by atoms with E-state index in [0.29, 0.717) is 102 Å². The fourth-order valence-corrected chi connectivity index (χ4v) is 9.58. The number of pyridine rings is 1. The molecule has 7 aromatic rings. The van der Waals surface area contributed by atoms with Crippen LogP contribution in [0.3, 0.4) is 0 Å². The number of aliphatic hydroxyl groups is 1. The van der Waals surface area contributed by atoms with Crippen molar-refractivity contribution in [3.05, 3.63) is 94.2 Å². The van der Waals surface area contributed by atoms with Crippen molar-refractivity contribution >= 4 is 57.7 Å². The van der Waals surface area contributed by atoms with Crippen LogP contribution < -0.4 is 32.7 Å². The number of piperidine rings is 1. The summed E-state index contributed by atoms with van der Waals surface area (Å²) in [7, 11) is 0. The summed E-state index contributed by atoms with van der Waals surface area (Å²) in [4.78, 5) is 75.3. The molecule has 1 unspecified atom stereocenters. The van der Waals surface area contributed by atoms with Gasteiger partial charge in [0.05, 0.1) is 30.1 Å². The second-order valence-electron chi connectivity index (χ2n) is 18.3. The lowest BCUT2D eigenvalue weighted by Crippen LogP contribution is -2.41. The number of aryl methyl sites for hydroxylation is 4. The summed E-state index contributed by atoms with van der Waals surface area (Å²) in [6, 6.07) is 8.17. The Morgan fingerprint density at radius 3 is 2.14 bits per heavy atom. The van der Waals surface area contributed by atoms with E-state index in [1.807, 2.05) is 39.8 Å². The van der Waals surface area contributed by atoms with Gasteiger partial charge in [0.25, 0.3) is 17.7 Å². The molecule has 1 atom stereocenters. The highest BCUT2D eigenvalue weighted by atomic mass is 16.6. The number of carbonyl (C=O) groups excluding carboxylic acids is 4. The number of imidazole rings is 2. The van der Waals surface area contributed by atoms with Gasteiger partial charge in [0.1, 0.15) is 46.8 Å². The Kier molecular flexibility index (Phi) is 15.2. The maximum absolute atomic E-state index is 13.9. The van der Waals surface area contributed by atoms with E-state index in [2.05, 4.69) is 55.3 Å². The van der Waals surface area contributed by atoms with Crippen LogP contribution >= 0.6 is 0 Å². The van der Waals surface area contributed by atoms with E-state index in [1.54, 1.807) is 53.7 Å². The standard InChI is InChI=1S/C48H61N19O7/c1-5-66-35(20-28(3)59-66)45(71)55-47-53-33-22-31(41(49)69)24-37(73-19-9-12-61-15-10-30(11-16-61)43-58-57-38-26-62(17-18-63(38)43)39(68)27-74-51)40(33)64(47)13-7-8-14-65-44-34(23-32(25-52-44)42(50)70)54-48(65)56-46(72)36-21-29(4)60-67(36)6-2/h7-8,20-25,30,42,70H,5-6,9-19,26-27,50-51H2,1-4H3,(H2,49,69)(H,53,55,71)(H,54,56,72)/b8-7+. The van der Waals surface area contributed by atoms with Crippen LogP contribution in [-0.4, -0.2) is 136 Å². The number of ether oxygens (including phenoxy) is 1. The van der Waals surface area contributed by atoms with E-state index in [0.717, 1.165) is 44.1 Å². The van der Waals surface area contributed by atoms with Gasteiger partial charge in [-0.3, -0.25) is 48.6 Å².